The van der Waals surface area contributed by atoms with Crippen LogP contribution in [-0.4, -0.2) is 28.1 Å². The van der Waals surface area contributed by atoms with E-state index in [1.165, 1.54) is 18.3 Å². The van der Waals surface area contributed by atoms with E-state index in [0.717, 1.165) is 10.7 Å². The molecule has 0 aromatic carbocycles. The molecule has 2 amide bonds. The van der Waals surface area contributed by atoms with Crippen molar-refractivity contribution < 1.29 is 14.7 Å². The average Bonchev–Trinajstić information content (AvgIpc) is 2.61. The Morgan fingerprint density at radius 2 is 2.31 bits per heavy atom. The average molecular weight is 243 g/mol. The first kappa shape index (κ1) is 12.4. The van der Waals surface area contributed by atoms with Crippen LogP contribution < -0.4 is 10.6 Å². The molecule has 0 aliphatic heterocycles. The van der Waals surface area contributed by atoms with Gasteiger partial charge >= 0.3 is 12.0 Å². The Balaban J connectivity index is 2.33. The summed E-state index contributed by atoms with van der Waals surface area (Å²) in [5.41, 5.74) is 0.764. The van der Waals surface area contributed by atoms with Crippen LogP contribution in [-0.2, 0) is 11.3 Å². The SMILES string of the molecule is Cc1nc(CNC(=O)N[C@@H](C)C(=O)O)cs1. The van der Waals surface area contributed by atoms with E-state index in [2.05, 4.69) is 15.6 Å². The highest BCUT2D eigenvalue weighted by atomic mass is 32.1. The minimum Gasteiger partial charge on any atom is -0.480 e. The molecular weight excluding hydrogens is 230 g/mol. The Morgan fingerprint density at radius 3 is 2.81 bits per heavy atom. The number of amides is 2. The van der Waals surface area contributed by atoms with Crippen LogP contribution in [0.5, 0.6) is 0 Å². The number of carbonyl (C=O) groups is 2. The molecule has 0 unspecified atom stereocenters. The van der Waals surface area contributed by atoms with Crippen molar-refractivity contribution in [1.29, 1.82) is 0 Å². The van der Waals surface area contributed by atoms with Crippen molar-refractivity contribution in [2.24, 2.45) is 0 Å². The van der Waals surface area contributed by atoms with Gasteiger partial charge in [-0.3, -0.25) is 4.79 Å². The molecule has 6 nitrogen and oxygen atoms in total. The summed E-state index contributed by atoms with van der Waals surface area (Å²) in [5.74, 6) is -1.07. The molecule has 1 heterocycles. The fraction of sp³-hybridized carbons (Fsp3) is 0.444. The number of nitrogens with one attached hydrogen (secondary N) is 2. The molecule has 1 rings (SSSR count). The van der Waals surface area contributed by atoms with Gasteiger partial charge in [0.25, 0.3) is 0 Å². The molecule has 0 saturated heterocycles. The van der Waals surface area contributed by atoms with Crippen molar-refractivity contribution in [3.05, 3.63) is 16.1 Å². The second-order valence-electron chi connectivity index (χ2n) is 3.24. The van der Waals surface area contributed by atoms with Gasteiger partial charge in [-0.15, -0.1) is 11.3 Å². The molecule has 0 aliphatic rings. The van der Waals surface area contributed by atoms with Gasteiger partial charge in [0.1, 0.15) is 6.04 Å². The van der Waals surface area contributed by atoms with Crippen LogP contribution in [0.2, 0.25) is 0 Å². The van der Waals surface area contributed by atoms with Crippen LogP contribution in [0.15, 0.2) is 5.38 Å². The maximum absolute atomic E-state index is 11.2. The lowest BCUT2D eigenvalue weighted by molar-refractivity contribution is -0.138. The highest BCUT2D eigenvalue weighted by molar-refractivity contribution is 7.09. The van der Waals surface area contributed by atoms with E-state index in [9.17, 15) is 9.59 Å². The van der Waals surface area contributed by atoms with E-state index < -0.39 is 18.0 Å². The number of thiazole rings is 1. The van der Waals surface area contributed by atoms with Crippen molar-refractivity contribution >= 4 is 23.3 Å². The monoisotopic (exact) mass is 243 g/mol. The molecule has 0 bridgehead atoms. The molecule has 0 spiro atoms. The molecule has 1 aromatic rings. The number of carboxylic acid groups (broad SMARTS) is 1. The topological polar surface area (TPSA) is 91.3 Å². The molecule has 7 heteroatoms. The van der Waals surface area contributed by atoms with Gasteiger partial charge in [0.15, 0.2) is 0 Å². The molecule has 3 N–H and O–H groups in total. The third kappa shape index (κ3) is 3.85. The first-order valence-corrected chi connectivity index (χ1v) is 5.55. The van der Waals surface area contributed by atoms with Crippen LogP contribution in [0.25, 0.3) is 0 Å². The fourth-order valence-electron chi connectivity index (χ4n) is 0.970. The van der Waals surface area contributed by atoms with Crippen LogP contribution in [0.1, 0.15) is 17.6 Å². The van der Waals surface area contributed by atoms with Crippen LogP contribution in [0.4, 0.5) is 4.79 Å². The second kappa shape index (κ2) is 5.45. The summed E-state index contributed by atoms with van der Waals surface area (Å²) in [4.78, 5) is 25.8. The predicted molar refractivity (Wildman–Crippen MR) is 59.3 cm³/mol. The summed E-state index contributed by atoms with van der Waals surface area (Å²) in [6.07, 6.45) is 0. The zero-order valence-electron chi connectivity index (χ0n) is 8.98. The maximum Gasteiger partial charge on any atom is 0.325 e. The Morgan fingerprint density at radius 1 is 1.62 bits per heavy atom. The zero-order valence-corrected chi connectivity index (χ0v) is 9.80. The van der Waals surface area contributed by atoms with Gasteiger partial charge in [0.05, 0.1) is 17.2 Å². The molecule has 16 heavy (non-hydrogen) atoms. The Hall–Kier alpha value is -1.63. The first-order valence-electron chi connectivity index (χ1n) is 4.67. The van der Waals surface area contributed by atoms with E-state index >= 15 is 0 Å². The van der Waals surface area contributed by atoms with Crippen molar-refractivity contribution in [2.75, 3.05) is 0 Å². The summed E-state index contributed by atoms with van der Waals surface area (Å²) in [7, 11) is 0. The smallest absolute Gasteiger partial charge is 0.325 e. The standard InChI is InChI=1S/C9H13N3O3S/c1-5(8(13)14)11-9(15)10-3-7-4-16-6(2)12-7/h4-5H,3H2,1-2H3,(H,13,14)(H2,10,11,15)/t5-/m0/s1. The summed E-state index contributed by atoms with van der Waals surface area (Å²) < 4.78 is 0. The minimum atomic E-state index is -1.07. The van der Waals surface area contributed by atoms with Crippen LogP contribution >= 0.6 is 11.3 Å². The van der Waals surface area contributed by atoms with Gasteiger partial charge in [-0.25, -0.2) is 9.78 Å². The number of hydrogen-bond acceptors (Lipinski definition) is 4. The zero-order chi connectivity index (χ0) is 12.1. The number of aliphatic carboxylic acids is 1. The molecule has 0 saturated carbocycles. The van der Waals surface area contributed by atoms with Gasteiger partial charge < -0.3 is 15.7 Å². The largest absolute Gasteiger partial charge is 0.480 e. The van der Waals surface area contributed by atoms with Crippen LogP contribution in [0.3, 0.4) is 0 Å². The highest BCUT2D eigenvalue weighted by Gasteiger charge is 2.13. The van der Waals surface area contributed by atoms with Crippen molar-refractivity contribution in [3.8, 4) is 0 Å². The molecule has 0 radical (unpaired) electrons. The number of hydrogen-bond donors (Lipinski definition) is 3. The number of urea groups is 1. The lowest BCUT2D eigenvalue weighted by Gasteiger charge is -2.09. The molecule has 88 valence electrons. The minimum absolute atomic E-state index is 0.294. The number of aryl methyl sites for hydroxylation is 1. The van der Waals surface area contributed by atoms with E-state index in [1.54, 1.807) is 0 Å². The number of aromatic nitrogens is 1. The summed E-state index contributed by atoms with van der Waals surface area (Å²) in [6, 6.07) is -1.42. The van der Waals surface area contributed by atoms with Gasteiger partial charge in [-0.1, -0.05) is 0 Å². The molecule has 0 fully saturated rings. The van der Waals surface area contributed by atoms with Gasteiger partial charge in [-0.2, -0.15) is 0 Å². The number of carboxylic acids is 1. The predicted octanol–water partition coefficient (Wildman–Crippen LogP) is 0.724. The fourth-order valence-corrected chi connectivity index (χ4v) is 1.58. The summed E-state index contributed by atoms with van der Waals surface area (Å²) in [6.45, 7) is 3.57. The van der Waals surface area contributed by atoms with E-state index in [-0.39, 0.29) is 0 Å². The Labute approximate surface area is 96.7 Å². The number of carbonyl (C=O) groups excluding carboxylic acids is 1. The first-order chi connectivity index (χ1) is 7.49. The van der Waals surface area contributed by atoms with Crippen molar-refractivity contribution in [2.45, 2.75) is 26.4 Å². The quantitative estimate of drug-likeness (QED) is 0.726. The normalized spacial score (nSPS) is 11.9. The highest BCUT2D eigenvalue weighted by Crippen LogP contribution is 2.06. The summed E-state index contributed by atoms with van der Waals surface area (Å²) >= 11 is 1.50. The van der Waals surface area contributed by atoms with Gasteiger partial charge in [0.2, 0.25) is 0 Å². The van der Waals surface area contributed by atoms with E-state index in [1.807, 2.05) is 12.3 Å². The third-order valence-corrected chi connectivity index (χ3v) is 2.64. The Bertz CT molecular complexity index is 391. The number of rotatable bonds is 4. The van der Waals surface area contributed by atoms with E-state index in [0.29, 0.717) is 6.54 Å². The number of nitrogens with zero attached hydrogens (tertiary/aromatic N) is 1. The van der Waals surface area contributed by atoms with Gasteiger partial charge in [-0.05, 0) is 13.8 Å². The van der Waals surface area contributed by atoms with Crippen molar-refractivity contribution in [1.82, 2.24) is 15.6 Å². The van der Waals surface area contributed by atoms with Gasteiger partial charge in [0, 0.05) is 5.38 Å². The summed E-state index contributed by atoms with van der Waals surface area (Å²) in [5, 5.41) is 16.1. The lowest BCUT2D eigenvalue weighted by atomic mass is 10.3. The lowest BCUT2D eigenvalue weighted by Crippen LogP contribution is -2.44. The van der Waals surface area contributed by atoms with Crippen LogP contribution in [0, 0.1) is 6.92 Å². The molecule has 1 aromatic heterocycles. The van der Waals surface area contributed by atoms with E-state index in [4.69, 9.17) is 5.11 Å². The Kier molecular flexibility index (Phi) is 4.24. The maximum atomic E-state index is 11.2. The van der Waals surface area contributed by atoms with Crippen molar-refractivity contribution in [3.63, 3.8) is 0 Å². The molecule has 0 aliphatic carbocycles. The second-order valence-corrected chi connectivity index (χ2v) is 4.31. The molecular formula is C9H13N3O3S. The third-order valence-electron chi connectivity index (χ3n) is 1.81. The molecule has 1 atom stereocenters.